The summed E-state index contributed by atoms with van der Waals surface area (Å²) >= 11 is 1.79. The van der Waals surface area contributed by atoms with Crippen molar-refractivity contribution < 1.29 is 9.53 Å². The second-order valence-electron chi connectivity index (χ2n) is 6.22. The molecule has 23 heavy (non-hydrogen) atoms. The van der Waals surface area contributed by atoms with Crippen LogP contribution in [0.2, 0.25) is 0 Å². The largest absolute Gasteiger partial charge is 0.369 e. The molecule has 0 unspecified atom stereocenters. The maximum Gasteiger partial charge on any atom is 0.274 e. The first kappa shape index (κ1) is 14.8. The Balaban J connectivity index is 1.50. The highest BCUT2D eigenvalue weighted by molar-refractivity contribution is 7.10. The number of hydrogen-bond acceptors (Lipinski definition) is 5. The lowest BCUT2D eigenvalue weighted by molar-refractivity contribution is -0.0906. The molecule has 2 aromatic rings. The Labute approximate surface area is 139 Å². The van der Waals surface area contributed by atoms with Gasteiger partial charge in [0.2, 0.25) is 0 Å². The van der Waals surface area contributed by atoms with Gasteiger partial charge in [-0.1, -0.05) is 0 Å². The normalized spacial score (nSPS) is 19.6. The molecule has 0 bridgehead atoms. The van der Waals surface area contributed by atoms with Crippen LogP contribution in [0.1, 0.15) is 39.5 Å². The van der Waals surface area contributed by atoms with Crippen LogP contribution in [0.15, 0.2) is 23.6 Å². The van der Waals surface area contributed by atoms with Gasteiger partial charge in [-0.15, -0.1) is 16.4 Å². The molecule has 2 aliphatic heterocycles. The number of aryl methyl sites for hydroxylation is 1. The average molecular weight is 329 g/mol. The Morgan fingerprint density at radius 1 is 1.26 bits per heavy atom. The molecule has 0 N–H and O–H groups in total. The zero-order valence-corrected chi connectivity index (χ0v) is 13.9. The predicted octanol–water partition coefficient (Wildman–Crippen LogP) is 2.55. The highest BCUT2D eigenvalue weighted by Crippen LogP contribution is 2.44. The van der Waals surface area contributed by atoms with E-state index in [9.17, 15) is 4.79 Å². The molecule has 4 heterocycles. The Kier molecular flexibility index (Phi) is 3.66. The molecule has 4 rings (SSSR count). The minimum Gasteiger partial charge on any atom is -0.369 e. The molecule has 1 amide bonds. The standard InChI is InChI=1S/C17H19N3O2S/c1-12-2-3-14(19-18-12)16(21)20-8-6-17(7-9-20)15-13(4-10-22-17)5-11-23-15/h2-3,5,11H,4,6-10H2,1H3. The van der Waals surface area contributed by atoms with Crippen molar-refractivity contribution >= 4 is 17.2 Å². The monoisotopic (exact) mass is 329 g/mol. The van der Waals surface area contributed by atoms with Gasteiger partial charge in [-0.2, -0.15) is 5.10 Å². The van der Waals surface area contributed by atoms with Crippen molar-refractivity contribution in [2.45, 2.75) is 31.8 Å². The third-order valence-corrected chi connectivity index (χ3v) is 5.93. The van der Waals surface area contributed by atoms with E-state index < -0.39 is 0 Å². The number of piperidine rings is 1. The van der Waals surface area contributed by atoms with Crippen LogP contribution in [0, 0.1) is 6.92 Å². The van der Waals surface area contributed by atoms with E-state index in [-0.39, 0.29) is 11.5 Å². The van der Waals surface area contributed by atoms with E-state index in [1.54, 1.807) is 17.4 Å². The van der Waals surface area contributed by atoms with Gasteiger partial charge in [0.15, 0.2) is 5.69 Å². The van der Waals surface area contributed by atoms with E-state index in [1.807, 2.05) is 17.9 Å². The second kappa shape index (κ2) is 5.69. The predicted molar refractivity (Wildman–Crippen MR) is 87.6 cm³/mol. The number of likely N-dealkylation sites (tertiary alicyclic amines) is 1. The van der Waals surface area contributed by atoms with E-state index in [1.165, 1.54) is 10.4 Å². The number of ether oxygens (including phenoxy) is 1. The summed E-state index contributed by atoms with van der Waals surface area (Å²) in [5, 5.41) is 10.1. The van der Waals surface area contributed by atoms with Gasteiger partial charge in [0, 0.05) is 18.0 Å². The average Bonchev–Trinajstić information content (AvgIpc) is 3.06. The third kappa shape index (κ3) is 2.56. The molecule has 0 aromatic carbocycles. The lowest BCUT2D eigenvalue weighted by Gasteiger charge is -2.43. The zero-order chi connectivity index (χ0) is 15.9. The number of fused-ring (bicyclic) bond motifs is 2. The number of nitrogens with zero attached hydrogens (tertiary/aromatic N) is 3. The second-order valence-corrected chi connectivity index (χ2v) is 7.14. The summed E-state index contributed by atoms with van der Waals surface area (Å²) in [4.78, 5) is 15.8. The first-order valence-electron chi connectivity index (χ1n) is 7.98. The van der Waals surface area contributed by atoms with Gasteiger partial charge in [0.25, 0.3) is 5.91 Å². The van der Waals surface area contributed by atoms with Crippen LogP contribution in [0.4, 0.5) is 0 Å². The van der Waals surface area contributed by atoms with Crippen molar-refractivity contribution in [3.63, 3.8) is 0 Å². The number of thiophene rings is 1. The van der Waals surface area contributed by atoms with Gasteiger partial charge in [-0.3, -0.25) is 4.79 Å². The number of rotatable bonds is 1. The summed E-state index contributed by atoms with van der Waals surface area (Å²) in [6.07, 6.45) is 2.71. The number of amides is 1. The quantitative estimate of drug-likeness (QED) is 0.807. The number of carbonyl (C=O) groups is 1. The Hall–Kier alpha value is -1.79. The highest BCUT2D eigenvalue weighted by atomic mass is 32.1. The van der Waals surface area contributed by atoms with Crippen molar-refractivity contribution in [1.82, 2.24) is 15.1 Å². The molecule has 120 valence electrons. The summed E-state index contributed by atoms with van der Waals surface area (Å²) in [6.45, 7) is 4.05. The Morgan fingerprint density at radius 2 is 2.09 bits per heavy atom. The fourth-order valence-corrected chi connectivity index (χ4v) is 4.64. The maximum atomic E-state index is 12.6. The van der Waals surface area contributed by atoms with Crippen LogP contribution in [0.5, 0.6) is 0 Å². The minimum atomic E-state index is -0.183. The molecular formula is C17H19N3O2S. The Bertz CT molecular complexity index is 718. The molecule has 1 fully saturated rings. The van der Waals surface area contributed by atoms with E-state index in [4.69, 9.17) is 4.74 Å². The van der Waals surface area contributed by atoms with Crippen molar-refractivity contribution in [2.24, 2.45) is 0 Å². The molecule has 0 atom stereocenters. The van der Waals surface area contributed by atoms with Crippen LogP contribution in [0.25, 0.3) is 0 Å². The fraction of sp³-hybridized carbons (Fsp3) is 0.471. The lowest BCUT2D eigenvalue weighted by Crippen LogP contribution is -2.48. The van der Waals surface area contributed by atoms with Gasteiger partial charge < -0.3 is 9.64 Å². The van der Waals surface area contributed by atoms with Crippen LogP contribution < -0.4 is 0 Å². The van der Waals surface area contributed by atoms with Gasteiger partial charge in [-0.05, 0) is 55.3 Å². The van der Waals surface area contributed by atoms with E-state index in [2.05, 4.69) is 21.6 Å². The fourth-order valence-electron chi connectivity index (χ4n) is 3.47. The SMILES string of the molecule is Cc1ccc(C(=O)N2CCC3(CC2)OCCc2ccsc23)nn1. The van der Waals surface area contributed by atoms with Gasteiger partial charge in [-0.25, -0.2) is 0 Å². The number of aromatic nitrogens is 2. The molecule has 2 aliphatic rings. The van der Waals surface area contributed by atoms with Crippen molar-refractivity contribution in [1.29, 1.82) is 0 Å². The van der Waals surface area contributed by atoms with Gasteiger partial charge in [0.05, 0.1) is 12.3 Å². The molecule has 6 heteroatoms. The molecular weight excluding hydrogens is 310 g/mol. The first-order valence-corrected chi connectivity index (χ1v) is 8.86. The molecule has 0 radical (unpaired) electrons. The summed E-state index contributed by atoms with van der Waals surface area (Å²) in [5.74, 6) is -0.0328. The summed E-state index contributed by atoms with van der Waals surface area (Å²) in [6, 6.07) is 5.79. The van der Waals surface area contributed by atoms with Crippen molar-refractivity contribution in [2.75, 3.05) is 19.7 Å². The van der Waals surface area contributed by atoms with Crippen LogP contribution >= 0.6 is 11.3 Å². The van der Waals surface area contributed by atoms with E-state index >= 15 is 0 Å². The van der Waals surface area contributed by atoms with E-state index in [0.717, 1.165) is 31.6 Å². The summed E-state index contributed by atoms with van der Waals surface area (Å²) in [5.41, 5.74) is 2.48. The van der Waals surface area contributed by atoms with Crippen molar-refractivity contribution in [3.8, 4) is 0 Å². The molecule has 0 saturated carbocycles. The molecule has 1 spiro atoms. The topological polar surface area (TPSA) is 55.3 Å². The van der Waals surface area contributed by atoms with Crippen molar-refractivity contribution in [3.05, 3.63) is 45.4 Å². The van der Waals surface area contributed by atoms with Crippen LogP contribution in [-0.4, -0.2) is 40.7 Å². The smallest absolute Gasteiger partial charge is 0.274 e. The zero-order valence-electron chi connectivity index (χ0n) is 13.1. The molecule has 5 nitrogen and oxygen atoms in total. The third-order valence-electron chi connectivity index (χ3n) is 4.79. The highest BCUT2D eigenvalue weighted by Gasteiger charge is 2.42. The van der Waals surface area contributed by atoms with E-state index in [0.29, 0.717) is 18.8 Å². The molecule has 2 aromatic heterocycles. The van der Waals surface area contributed by atoms with Gasteiger partial charge >= 0.3 is 0 Å². The van der Waals surface area contributed by atoms with Crippen LogP contribution in [0.3, 0.4) is 0 Å². The number of hydrogen-bond donors (Lipinski definition) is 0. The lowest BCUT2D eigenvalue weighted by atomic mass is 9.85. The number of carbonyl (C=O) groups excluding carboxylic acids is 1. The van der Waals surface area contributed by atoms with Crippen LogP contribution in [-0.2, 0) is 16.8 Å². The summed E-state index contributed by atoms with van der Waals surface area (Å²) in [7, 11) is 0. The Morgan fingerprint density at radius 3 is 2.83 bits per heavy atom. The van der Waals surface area contributed by atoms with Gasteiger partial charge in [0.1, 0.15) is 5.60 Å². The molecule has 0 aliphatic carbocycles. The molecule has 1 saturated heterocycles. The first-order chi connectivity index (χ1) is 11.2. The minimum absolute atomic E-state index is 0.0328. The maximum absolute atomic E-state index is 12.6. The summed E-state index contributed by atoms with van der Waals surface area (Å²) < 4.78 is 6.19.